The molecule has 4 unspecified atom stereocenters. The number of rotatable bonds is 14. The Morgan fingerprint density at radius 3 is 1.32 bits per heavy atom. The van der Waals surface area contributed by atoms with Crippen LogP contribution in [0.15, 0.2) is 131 Å². The summed E-state index contributed by atoms with van der Waals surface area (Å²) >= 11 is 0. The fourth-order valence-corrected chi connectivity index (χ4v) is 5.74. The largest absolute Gasteiger partial charge is 0.482 e. The van der Waals surface area contributed by atoms with E-state index in [1.807, 2.05) is 84.9 Å². The number of furan rings is 2. The number of ether oxygens (including phenoxy) is 4. The van der Waals surface area contributed by atoms with E-state index in [0.29, 0.717) is 23.0 Å². The van der Waals surface area contributed by atoms with E-state index in [-0.39, 0.29) is 12.8 Å². The first kappa shape index (κ1) is 34.3. The van der Waals surface area contributed by atoms with Crippen molar-refractivity contribution in [1.29, 1.82) is 0 Å². The Kier molecular flexibility index (Phi) is 10.8. The lowest BCUT2D eigenvalue weighted by Gasteiger charge is -2.29. The van der Waals surface area contributed by atoms with Crippen LogP contribution in [0.1, 0.15) is 36.6 Å². The van der Waals surface area contributed by atoms with Crippen LogP contribution < -0.4 is 9.47 Å². The molecule has 0 saturated carbocycles. The van der Waals surface area contributed by atoms with E-state index >= 15 is 0 Å². The third-order valence-electron chi connectivity index (χ3n) is 8.39. The van der Waals surface area contributed by atoms with Gasteiger partial charge in [-0.3, -0.25) is 9.80 Å². The smallest absolute Gasteiger partial charge is 0.419 e. The Labute approximate surface area is 290 Å². The Balaban J connectivity index is 1.16. The van der Waals surface area contributed by atoms with Gasteiger partial charge >= 0.3 is 11.9 Å². The summed E-state index contributed by atoms with van der Waals surface area (Å²) in [5, 5.41) is 3.91. The minimum Gasteiger partial charge on any atom is -0.482 e. The summed E-state index contributed by atoms with van der Waals surface area (Å²) in [5.41, 5.74) is 0. The fourth-order valence-electron chi connectivity index (χ4n) is 5.74. The summed E-state index contributed by atoms with van der Waals surface area (Å²) in [5.74, 6) is 0.126. The molecule has 0 spiro atoms. The van der Waals surface area contributed by atoms with E-state index in [1.165, 1.54) is 0 Å². The summed E-state index contributed by atoms with van der Waals surface area (Å²) in [6.45, 7) is 0. The maximum atomic E-state index is 13.3. The molecule has 4 atom stereocenters. The van der Waals surface area contributed by atoms with Gasteiger partial charge in [0.25, 0.3) is 0 Å². The molecule has 0 saturated heterocycles. The van der Waals surface area contributed by atoms with E-state index < -0.39 is 36.6 Å². The van der Waals surface area contributed by atoms with Crippen molar-refractivity contribution >= 4 is 33.5 Å². The number of benzene rings is 4. The molecule has 0 N–H and O–H groups in total. The molecule has 0 fully saturated rings. The molecule has 0 aliphatic carbocycles. The molecule has 0 radical (unpaired) electrons. The first-order chi connectivity index (χ1) is 24.3. The van der Waals surface area contributed by atoms with E-state index in [2.05, 4.69) is 0 Å². The number of hydrogen-bond acceptors (Lipinski definition) is 10. The van der Waals surface area contributed by atoms with Crippen LogP contribution in [-0.2, 0) is 19.1 Å². The van der Waals surface area contributed by atoms with E-state index in [0.717, 1.165) is 21.5 Å². The van der Waals surface area contributed by atoms with Gasteiger partial charge in [0, 0.05) is 23.6 Å². The van der Waals surface area contributed by atoms with Crippen LogP contribution in [0.5, 0.6) is 11.5 Å². The van der Waals surface area contributed by atoms with Gasteiger partial charge in [-0.2, -0.15) is 0 Å². The maximum absolute atomic E-state index is 13.3. The highest BCUT2D eigenvalue weighted by atomic mass is 16.6. The van der Waals surface area contributed by atoms with Crippen molar-refractivity contribution in [2.24, 2.45) is 0 Å². The van der Waals surface area contributed by atoms with Gasteiger partial charge in [0.2, 0.25) is 0 Å². The zero-order chi connectivity index (χ0) is 35.0. The first-order valence-corrected chi connectivity index (χ1v) is 16.4. The third-order valence-corrected chi connectivity index (χ3v) is 8.39. The molecule has 4 aromatic carbocycles. The molecule has 6 aromatic rings. The standard InChI is InChI=1S/C40H40N2O8/c1-41(2)37(25-35(33-21-11-23-45-33)47-31-19-9-15-27-13-5-7-17-29(27)31)49-39(43)40(44)50-38(42(3)4)26-36(34-22-12-24-46-34)48-32-20-10-16-28-14-6-8-18-30(28)32/h5-24,35-38H,25-26H2,1-4H3. The molecular formula is C40H40N2O8. The molecule has 0 aliphatic heterocycles. The van der Waals surface area contributed by atoms with Gasteiger partial charge < -0.3 is 27.8 Å². The summed E-state index contributed by atoms with van der Waals surface area (Å²) in [7, 11) is 7.01. The zero-order valence-corrected chi connectivity index (χ0v) is 28.4. The Hall–Kier alpha value is -5.58. The van der Waals surface area contributed by atoms with Gasteiger partial charge in [-0.25, -0.2) is 9.59 Å². The quantitative estimate of drug-likeness (QED) is 0.0646. The molecule has 0 amide bonds. The minimum absolute atomic E-state index is 0.166. The van der Waals surface area contributed by atoms with Gasteiger partial charge in [-0.1, -0.05) is 72.8 Å². The molecular weight excluding hydrogens is 636 g/mol. The normalized spacial score (nSPS) is 14.0. The number of carbonyl (C=O) groups excluding carboxylic acids is 2. The molecule has 0 bridgehead atoms. The molecule has 10 heteroatoms. The first-order valence-electron chi connectivity index (χ1n) is 16.4. The summed E-state index contributed by atoms with van der Waals surface area (Å²) < 4.78 is 35.9. The van der Waals surface area contributed by atoms with Crippen molar-refractivity contribution in [1.82, 2.24) is 9.80 Å². The lowest BCUT2D eigenvalue weighted by atomic mass is 10.1. The Bertz CT molecular complexity index is 1850. The van der Waals surface area contributed by atoms with Crippen molar-refractivity contribution in [2.75, 3.05) is 28.2 Å². The summed E-state index contributed by atoms with van der Waals surface area (Å²) in [6, 6.07) is 34.6. The molecule has 258 valence electrons. The second-order valence-electron chi connectivity index (χ2n) is 12.3. The monoisotopic (exact) mass is 676 g/mol. The second kappa shape index (κ2) is 15.8. The number of esters is 2. The van der Waals surface area contributed by atoms with Gasteiger partial charge in [0.15, 0.2) is 24.7 Å². The Morgan fingerprint density at radius 2 is 0.940 bits per heavy atom. The van der Waals surface area contributed by atoms with Crippen LogP contribution in [0, 0.1) is 0 Å². The molecule has 50 heavy (non-hydrogen) atoms. The van der Waals surface area contributed by atoms with Crippen molar-refractivity contribution in [3.8, 4) is 11.5 Å². The van der Waals surface area contributed by atoms with Gasteiger partial charge in [-0.15, -0.1) is 0 Å². The predicted molar refractivity (Wildman–Crippen MR) is 188 cm³/mol. The highest BCUT2D eigenvalue weighted by molar-refractivity contribution is 6.29. The molecule has 2 heterocycles. The lowest BCUT2D eigenvalue weighted by molar-refractivity contribution is -0.185. The van der Waals surface area contributed by atoms with Crippen LogP contribution in [0.3, 0.4) is 0 Å². The number of fused-ring (bicyclic) bond motifs is 2. The van der Waals surface area contributed by atoms with E-state index in [4.69, 9.17) is 27.8 Å². The zero-order valence-electron chi connectivity index (χ0n) is 28.4. The SMILES string of the molecule is CN(C)C(CC(Oc1cccc2ccccc12)c1ccco1)OC(=O)C(=O)OC(CC(Oc1cccc2ccccc12)c1ccco1)N(C)C. The van der Waals surface area contributed by atoms with Crippen LogP contribution in [0.2, 0.25) is 0 Å². The minimum atomic E-state index is -1.14. The van der Waals surface area contributed by atoms with Crippen molar-refractivity contribution < 1.29 is 37.4 Å². The molecule has 6 rings (SSSR count). The van der Waals surface area contributed by atoms with Gasteiger partial charge in [0.1, 0.15) is 23.0 Å². The van der Waals surface area contributed by atoms with Crippen LogP contribution in [0.25, 0.3) is 21.5 Å². The average molecular weight is 677 g/mol. The summed E-state index contributed by atoms with van der Waals surface area (Å²) in [6.07, 6.45) is 0.461. The average Bonchev–Trinajstić information content (AvgIpc) is 3.86. The number of hydrogen-bond donors (Lipinski definition) is 0. The molecule has 10 nitrogen and oxygen atoms in total. The van der Waals surface area contributed by atoms with Gasteiger partial charge in [0.05, 0.1) is 12.5 Å². The van der Waals surface area contributed by atoms with Crippen molar-refractivity contribution in [3.05, 3.63) is 133 Å². The number of carbonyl (C=O) groups is 2. The van der Waals surface area contributed by atoms with Crippen LogP contribution in [0.4, 0.5) is 0 Å². The summed E-state index contributed by atoms with van der Waals surface area (Å²) in [4.78, 5) is 30.0. The molecule has 2 aromatic heterocycles. The molecule has 0 aliphatic rings. The topological polar surface area (TPSA) is 104 Å². The fraction of sp³-hybridized carbons (Fsp3) is 0.250. The lowest BCUT2D eigenvalue weighted by Crippen LogP contribution is -2.41. The van der Waals surface area contributed by atoms with E-state index in [9.17, 15) is 9.59 Å². The number of nitrogens with zero attached hydrogens (tertiary/aromatic N) is 2. The van der Waals surface area contributed by atoms with Crippen molar-refractivity contribution in [2.45, 2.75) is 37.5 Å². The maximum Gasteiger partial charge on any atom is 0.419 e. The Morgan fingerprint density at radius 1 is 0.540 bits per heavy atom. The van der Waals surface area contributed by atoms with Crippen LogP contribution in [-0.4, -0.2) is 62.4 Å². The highest BCUT2D eigenvalue weighted by Crippen LogP contribution is 2.34. The van der Waals surface area contributed by atoms with Crippen LogP contribution >= 0.6 is 0 Å². The van der Waals surface area contributed by atoms with E-state index in [1.54, 1.807) is 74.8 Å². The van der Waals surface area contributed by atoms with Crippen molar-refractivity contribution in [3.63, 3.8) is 0 Å². The third kappa shape index (κ3) is 8.16. The second-order valence-corrected chi connectivity index (χ2v) is 12.3. The predicted octanol–water partition coefficient (Wildman–Crippen LogP) is 7.76. The van der Waals surface area contributed by atoms with Gasteiger partial charge in [-0.05, 0) is 75.4 Å². The highest BCUT2D eigenvalue weighted by Gasteiger charge is 2.33.